The Morgan fingerprint density at radius 2 is 1.97 bits per heavy atom. The van der Waals surface area contributed by atoms with Crippen molar-refractivity contribution in [3.63, 3.8) is 0 Å². The van der Waals surface area contributed by atoms with Gasteiger partial charge >= 0.3 is 0 Å². The summed E-state index contributed by atoms with van der Waals surface area (Å²) in [4.78, 5) is 17.8. The predicted octanol–water partition coefficient (Wildman–Crippen LogP) is 2.93. The van der Waals surface area contributed by atoms with E-state index in [1.165, 1.54) is 5.56 Å². The molecule has 2 aromatic rings. The summed E-state index contributed by atoms with van der Waals surface area (Å²) in [7, 11) is 1.69. The largest absolute Gasteiger partial charge is 0.497 e. The van der Waals surface area contributed by atoms with Crippen LogP contribution in [0.3, 0.4) is 0 Å². The number of benzene rings is 2. The summed E-state index contributed by atoms with van der Waals surface area (Å²) in [5, 5.41) is 3.29. The van der Waals surface area contributed by atoms with Crippen molar-refractivity contribution in [2.45, 2.75) is 25.4 Å². The number of carbonyl (C=O) groups excluding carboxylic acids is 1. The topological polar surface area (TPSA) is 54.0 Å². The van der Waals surface area contributed by atoms with E-state index in [9.17, 15) is 4.79 Å². The fraction of sp³-hybridized carbons (Fsp3) is 0.458. The van der Waals surface area contributed by atoms with Gasteiger partial charge in [-0.1, -0.05) is 24.3 Å². The number of rotatable bonds is 6. The van der Waals surface area contributed by atoms with E-state index in [0.717, 1.165) is 62.6 Å². The lowest BCUT2D eigenvalue weighted by Gasteiger charge is -2.34. The minimum atomic E-state index is 0.0188. The molecule has 0 saturated carbocycles. The van der Waals surface area contributed by atoms with Crippen molar-refractivity contribution in [3.05, 3.63) is 59.7 Å². The summed E-state index contributed by atoms with van der Waals surface area (Å²) >= 11 is 0. The third-order valence-electron chi connectivity index (χ3n) is 5.88. The van der Waals surface area contributed by atoms with Crippen molar-refractivity contribution >= 4 is 11.6 Å². The molecule has 0 bridgehead atoms. The fourth-order valence-electron chi connectivity index (χ4n) is 4.35. The van der Waals surface area contributed by atoms with Crippen LogP contribution in [0, 0.1) is 0 Å². The number of piperidine rings is 1. The van der Waals surface area contributed by atoms with Crippen LogP contribution in [0.15, 0.2) is 48.5 Å². The molecule has 4 rings (SSSR count). The average Bonchev–Trinajstić information content (AvgIpc) is 2.80. The second-order valence-electron chi connectivity index (χ2n) is 8.02. The maximum absolute atomic E-state index is 13.1. The Labute approximate surface area is 178 Å². The van der Waals surface area contributed by atoms with E-state index in [4.69, 9.17) is 9.47 Å². The van der Waals surface area contributed by atoms with Crippen LogP contribution in [-0.2, 0) is 11.3 Å². The molecule has 160 valence electrons. The first-order chi connectivity index (χ1) is 14.7. The summed E-state index contributed by atoms with van der Waals surface area (Å²) in [5.74, 6) is 0.902. The Kier molecular flexibility index (Phi) is 6.87. The summed E-state index contributed by atoms with van der Waals surface area (Å²) in [6.07, 6.45) is 2.10. The van der Waals surface area contributed by atoms with Crippen LogP contribution in [-0.4, -0.2) is 63.4 Å². The first-order valence-corrected chi connectivity index (χ1v) is 10.8. The Balaban J connectivity index is 1.39. The number of ether oxygens (including phenoxy) is 2. The molecule has 0 aromatic heterocycles. The van der Waals surface area contributed by atoms with Gasteiger partial charge in [0.25, 0.3) is 5.91 Å². The van der Waals surface area contributed by atoms with Crippen molar-refractivity contribution in [1.82, 2.24) is 10.2 Å². The van der Waals surface area contributed by atoms with Gasteiger partial charge in [0.05, 0.1) is 25.9 Å². The summed E-state index contributed by atoms with van der Waals surface area (Å²) in [5.41, 5.74) is 2.99. The maximum Gasteiger partial charge on any atom is 0.253 e. The van der Waals surface area contributed by atoms with Gasteiger partial charge in [-0.15, -0.1) is 0 Å². The van der Waals surface area contributed by atoms with E-state index >= 15 is 0 Å². The number of amides is 1. The van der Waals surface area contributed by atoms with Crippen LogP contribution in [0.2, 0.25) is 0 Å². The molecule has 2 aliphatic heterocycles. The maximum atomic E-state index is 13.1. The zero-order valence-corrected chi connectivity index (χ0v) is 17.7. The zero-order chi connectivity index (χ0) is 20.8. The number of para-hydroxylation sites is 1. The Hall–Kier alpha value is -2.57. The van der Waals surface area contributed by atoms with Crippen LogP contribution >= 0.6 is 0 Å². The standard InChI is InChI=1S/C24H31N3O3/c1-29-21-8-4-6-19(16-21)17-26-11-5-7-20(18-26)25-24(28)22-9-2-3-10-23(22)27-12-14-30-15-13-27/h2-4,6,8-10,16,20H,5,7,11-15,17-18H2,1H3,(H,25,28). The molecule has 2 saturated heterocycles. The van der Waals surface area contributed by atoms with Gasteiger partial charge in [-0.2, -0.15) is 0 Å². The molecule has 1 N–H and O–H groups in total. The summed E-state index contributed by atoms with van der Waals surface area (Å²) < 4.78 is 10.8. The Morgan fingerprint density at radius 1 is 1.13 bits per heavy atom. The lowest BCUT2D eigenvalue weighted by molar-refractivity contribution is 0.0899. The Morgan fingerprint density at radius 3 is 2.80 bits per heavy atom. The predicted molar refractivity (Wildman–Crippen MR) is 118 cm³/mol. The highest BCUT2D eigenvalue weighted by Gasteiger charge is 2.24. The third-order valence-corrected chi connectivity index (χ3v) is 5.88. The van der Waals surface area contributed by atoms with E-state index < -0.39 is 0 Å². The van der Waals surface area contributed by atoms with Crippen molar-refractivity contribution < 1.29 is 14.3 Å². The molecular weight excluding hydrogens is 378 g/mol. The molecule has 1 unspecified atom stereocenters. The molecule has 0 aliphatic carbocycles. The molecule has 6 nitrogen and oxygen atoms in total. The van der Waals surface area contributed by atoms with E-state index in [0.29, 0.717) is 13.2 Å². The van der Waals surface area contributed by atoms with Gasteiger partial charge < -0.3 is 19.7 Å². The highest BCUT2D eigenvalue weighted by molar-refractivity contribution is 6.00. The molecule has 1 amide bonds. The third kappa shape index (κ3) is 5.12. The van der Waals surface area contributed by atoms with Crippen molar-refractivity contribution in [3.8, 4) is 5.75 Å². The number of nitrogens with zero attached hydrogens (tertiary/aromatic N) is 2. The fourth-order valence-corrected chi connectivity index (χ4v) is 4.35. The van der Waals surface area contributed by atoms with Crippen molar-refractivity contribution in [2.75, 3.05) is 51.4 Å². The van der Waals surface area contributed by atoms with Crippen LogP contribution in [0.25, 0.3) is 0 Å². The normalized spacial score (nSPS) is 20.0. The van der Waals surface area contributed by atoms with Gasteiger partial charge in [0.1, 0.15) is 5.75 Å². The van der Waals surface area contributed by atoms with Gasteiger partial charge in [-0.3, -0.25) is 9.69 Å². The number of morpholine rings is 1. The molecule has 2 aromatic carbocycles. The minimum Gasteiger partial charge on any atom is -0.497 e. The lowest BCUT2D eigenvalue weighted by atomic mass is 10.0. The molecule has 30 heavy (non-hydrogen) atoms. The molecule has 2 heterocycles. The monoisotopic (exact) mass is 409 g/mol. The number of nitrogens with one attached hydrogen (secondary N) is 1. The molecular formula is C24H31N3O3. The first kappa shape index (κ1) is 20.7. The molecule has 2 aliphatic rings. The van der Waals surface area contributed by atoms with Crippen LogP contribution in [0.5, 0.6) is 5.75 Å². The van der Waals surface area contributed by atoms with Gasteiger partial charge in [0, 0.05) is 37.9 Å². The van der Waals surface area contributed by atoms with Crippen LogP contribution in [0.1, 0.15) is 28.8 Å². The molecule has 0 spiro atoms. The van der Waals surface area contributed by atoms with E-state index in [-0.39, 0.29) is 11.9 Å². The van der Waals surface area contributed by atoms with Crippen LogP contribution in [0.4, 0.5) is 5.69 Å². The lowest BCUT2D eigenvalue weighted by Crippen LogP contribution is -2.47. The number of likely N-dealkylation sites (tertiary alicyclic amines) is 1. The Bertz CT molecular complexity index is 851. The zero-order valence-electron chi connectivity index (χ0n) is 17.7. The summed E-state index contributed by atoms with van der Waals surface area (Å²) in [6, 6.07) is 16.3. The number of methoxy groups -OCH3 is 1. The van der Waals surface area contributed by atoms with Gasteiger partial charge in [-0.25, -0.2) is 0 Å². The number of hydrogen-bond donors (Lipinski definition) is 1. The molecule has 2 fully saturated rings. The van der Waals surface area contributed by atoms with Crippen molar-refractivity contribution in [2.24, 2.45) is 0 Å². The number of anilines is 1. The van der Waals surface area contributed by atoms with Gasteiger partial charge in [-0.05, 0) is 49.2 Å². The molecule has 0 radical (unpaired) electrons. The number of hydrogen-bond acceptors (Lipinski definition) is 5. The van der Waals surface area contributed by atoms with Gasteiger partial charge in [0.15, 0.2) is 0 Å². The minimum absolute atomic E-state index is 0.0188. The molecule has 6 heteroatoms. The average molecular weight is 410 g/mol. The highest BCUT2D eigenvalue weighted by atomic mass is 16.5. The van der Waals surface area contributed by atoms with E-state index in [1.54, 1.807) is 7.11 Å². The van der Waals surface area contributed by atoms with E-state index in [2.05, 4.69) is 27.2 Å². The first-order valence-electron chi connectivity index (χ1n) is 10.8. The van der Waals surface area contributed by atoms with Crippen molar-refractivity contribution in [1.29, 1.82) is 0 Å². The summed E-state index contributed by atoms with van der Waals surface area (Å²) in [6.45, 7) is 5.84. The highest BCUT2D eigenvalue weighted by Crippen LogP contribution is 2.23. The second kappa shape index (κ2) is 9.96. The quantitative estimate of drug-likeness (QED) is 0.795. The van der Waals surface area contributed by atoms with Gasteiger partial charge in [0.2, 0.25) is 0 Å². The van der Waals surface area contributed by atoms with Crippen LogP contribution < -0.4 is 15.0 Å². The van der Waals surface area contributed by atoms with E-state index in [1.807, 2.05) is 36.4 Å². The smallest absolute Gasteiger partial charge is 0.253 e. The second-order valence-corrected chi connectivity index (χ2v) is 8.02. The SMILES string of the molecule is COc1cccc(CN2CCCC(NC(=O)c3ccccc3N3CCOCC3)C2)c1. The number of carbonyl (C=O) groups is 1. The molecule has 1 atom stereocenters.